The van der Waals surface area contributed by atoms with Crippen LogP contribution in [0.1, 0.15) is 44.8 Å². The van der Waals surface area contributed by atoms with Gasteiger partial charge in [-0.05, 0) is 24.5 Å². The summed E-state index contributed by atoms with van der Waals surface area (Å²) in [6.45, 7) is 6.95. The molecular formula is C16H21ClN2O. The fourth-order valence-corrected chi connectivity index (χ4v) is 2.39. The highest BCUT2D eigenvalue weighted by atomic mass is 35.5. The van der Waals surface area contributed by atoms with Crippen LogP contribution in [0, 0.1) is 5.92 Å². The van der Waals surface area contributed by atoms with Crippen LogP contribution in [0.25, 0.3) is 10.9 Å². The Hall–Kier alpha value is -1.35. The number of fused-ring (bicyclic) bond motifs is 1. The number of nitrogens with zero attached hydrogens (tertiary/aromatic N) is 2. The summed E-state index contributed by atoms with van der Waals surface area (Å²) in [5.41, 5.74) is 0.747. The Kier molecular flexibility index (Phi) is 4.81. The van der Waals surface area contributed by atoms with E-state index in [1.54, 1.807) is 4.57 Å². The van der Waals surface area contributed by atoms with E-state index < -0.39 is 0 Å². The Labute approximate surface area is 124 Å². The Balaban J connectivity index is 2.67. The maximum Gasteiger partial charge on any atom is 0.261 e. The van der Waals surface area contributed by atoms with Crippen molar-refractivity contribution in [2.45, 2.75) is 45.5 Å². The largest absolute Gasteiger partial charge is 0.295 e. The van der Waals surface area contributed by atoms with E-state index in [2.05, 4.69) is 18.8 Å². The highest BCUT2D eigenvalue weighted by Gasteiger charge is 2.17. The molecule has 0 fully saturated rings. The lowest BCUT2D eigenvalue weighted by Crippen LogP contribution is -2.28. The average molecular weight is 293 g/mol. The molecule has 2 aromatic rings. The number of para-hydroxylation sites is 1. The van der Waals surface area contributed by atoms with E-state index in [1.807, 2.05) is 31.2 Å². The molecule has 0 amide bonds. The molecule has 0 aliphatic rings. The number of rotatable bonds is 5. The van der Waals surface area contributed by atoms with Crippen molar-refractivity contribution < 1.29 is 0 Å². The van der Waals surface area contributed by atoms with E-state index in [9.17, 15) is 4.79 Å². The molecule has 1 aromatic carbocycles. The van der Waals surface area contributed by atoms with Crippen LogP contribution in [0.2, 0.25) is 0 Å². The van der Waals surface area contributed by atoms with E-state index >= 15 is 0 Å². The van der Waals surface area contributed by atoms with E-state index in [-0.39, 0.29) is 10.9 Å². The predicted octanol–water partition coefficient (Wildman–Crippen LogP) is 4.13. The SMILES string of the molecule is CCC(C)Cn1c(C(Cl)CC)nc2ccccc2c1=O. The Morgan fingerprint density at radius 2 is 1.95 bits per heavy atom. The van der Waals surface area contributed by atoms with Gasteiger partial charge in [-0.2, -0.15) is 0 Å². The summed E-state index contributed by atoms with van der Waals surface area (Å²) in [5, 5.41) is 0.441. The Bertz CT molecular complexity index is 650. The van der Waals surface area contributed by atoms with Crippen molar-refractivity contribution in [1.82, 2.24) is 9.55 Å². The summed E-state index contributed by atoms with van der Waals surface area (Å²) < 4.78 is 1.76. The minimum absolute atomic E-state index is 0.0185. The third kappa shape index (κ3) is 2.88. The van der Waals surface area contributed by atoms with Gasteiger partial charge in [-0.1, -0.05) is 39.3 Å². The van der Waals surface area contributed by atoms with Crippen molar-refractivity contribution in [1.29, 1.82) is 0 Å². The van der Waals surface area contributed by atoms with Crippen molar-refractivity contribution in [2.24, 2.45) is 5.92 Å². The summed E-state index contributed by atoms with van der Waals surface area (Å²) in [4.78, 5) is 17.3. The number of aromatic nitrogens is 2. The van der Waals surface area contributed by atoms with E-state index in [0.29, 0.717) is 23.7 Å². The van der Waals surface area contributed by atoms with Crippen LogP contribution >= 0.6 is 11.6 Å². The number of benzene rings is 1. The second kappa shape index (κ2) is 6.40. The smallest absolute Gasteiger partial charge is 0.261 e. The molecule has 1 aromatic heterocycles. The van der Waals surface area contributed by atoms with Crippen LogP contribution in [0.4, 0.5) is 0 Å². The molecule has 20 heavy (non-hydrogen) atoms. The number of hydrogen-bond acceptors (Lipinski definition) is 2. The first-order chi connectivity index (χ1) is 9.58. The Morgan fingerprint density at radius 3 is 2.60 bits per heavy atom. The van der Waals surface area contributed by atoms with E-state index in [4.69, 9.17) is 11.6 Å². The number of alkyl halides is 1. The summed E-state index contributed by atoms with van der Waals surface area (Å²) in [6, 6.07) is 7.47. The highest BCUT2D eigenvalue weighted by molar-refractivity contribution is 6.20. The molecule has 2 atom stereocenters. The van der Waals surface area contributed by atoms with Gasteiger partial charge in [0.05, 0.1) is 16.3 Å². The second-order valence-electron chi connectivity index (χ2n) is 5.29. The van der Waals surface area contributed by atoms with Gasteiger partial charge in [0.25, 0.3) is 5.56 Å². The van der Waals surface area contributed by atoms with Crippen LogP contribution in [0.5, 0.6) is 0 Å². The van der Waals surface area contributed by atoms with Crippen molar-refractivity contribution in [2.75, 3.05) is 0 Å². The maximum atomic E-state index is 12.7. The van der Waals surface area contributed by atoms with E-state index in [1.165, 1.54) is 0 Å². The average Bonchev–Trinajstić information content (AvgIpc) is 2.48. The lowest BCUT2D eigenvalue weighted by Gasteiger charge is -2.18. The first-order valence-electron chi connectivity index (χ1n) is 7.22. The molecule has 0 saturated carbocycles. The first kappa shape index (κ1) is 15.0. The van der Waals surface area contributed by atoms with E-state index in [0.717, 1.165) is 18.4 Å². The molecule has 108 valence electrons. The quantitative estimate of drug-likeness (QED) is 0.777. The van der Waals surface area contributed by atoms with Gasteiger partial charge < -0.3 is 0 Å². The van der Waals surface area contributed by atoms with Gasteiger partial charge in [0.2, 0.25) is 0 Å². The van der Waals surface area contributed by atoms with Gasteiger partial charge in [-0.3, -0.25) is 9.36 Å². The first-order valence-corrected chi connectivity index (χ1v) is 7.65. The zero-order valence-electron chi connectivity index (χ0n) is 12.3. The molecular weight excluding hydrogens is 272 g/mol. The van der Waals surface area contributed by atoms with Crippen molar-refractivity contribution in [3.05, 3.63) is 40.4 Å². The molecule has 0 aliphatic carbocycles. The van der Waals surface area contributed by atoms with Gasteiger partial charge in [-0.15, -0.1) is 11.6 Å². The fraction of sp³-hybridized carbons (Fsp3) is 0.500. The summed E-state index contributed by atoms with van der Waals surface area (Å²) >= 11 is 6.37. The van der Waals surface area contributed by atoms with Gasteiger partial charge >= 0.3 is 0 Å². The van der Waals surface area contributed by atoms with Crippen LogP contribution in [-0.2, 0) is 6.54 Å². The normalized spacial score (nSPS) is 14.4. The third-order valence-electron chi connectivity index (χ3n) is 3.72. The third-order valence-corrected chi connectivity index (χ3v) is 4.22. The molecule has 2 rings (SSSR count). The topological polar surface area (TPSA) is 34.9 Å². The van der Waals surface area contributed by atoms with Gasteiger partial charge in [0, 0.05) is 6.54 Å². The molecule has 2 unspecified atom stereocenters. The minimum atomic E-state index is -0.226. The molecule has 0 radical (unpaired) electrons. The zero-order chi connectivity index (χ0) is 14.7. The minimum Gasteiger partial charge on any atom is -0.295 e. The van der Waals surface area contributed by atoms with Gasteiger partial charge in [0.1, 0.15) is 5.82 Å². The lowest BCUT2D eigenvalue weighted by molar-refractivity contribution is 0.443. The molecule has 4 heteroatoms. The van der Waals surface area contributed by atoms with Crippen LogP contribution in [0.3, 0.4) is 0 Å². The molecule has 1 heterocycles. The summed E-state index contributed by atoms with van der Waals surface area (Å²) in [6.07, 6.45) is 1.78. The molecule has 0 saturated heterocycles. The number of hydrogen-bond donors (Lipinski definition) is 0. The number of halogens is 1. The molecule has 0 N–H and O–H groups in total. The van der Waals surface area contributed by atoms with Crippen molar-refractivity contribution in [3.63, 3.8) is 0 Å². The zero-order valence-corrected chi connectivity index (χ0v) is 13.0. The monoisotopic (exact) mass is 292 g/mol. The van der Waals surface area contributed by atoms with Crippen molar-refractivity contribution in [3.8, 4) is 0 Å². The highest BCUT2D eigenvalue weighted by Crippen LogP contribution is 2.23. The maximum absolute atomic E-state index is 12.7. The van der Waals surface area contributed by atoms with Crippen molar-refractivity contribution >= 4 is 22.5 Å². The molecule has 0 bridgehead atoms. The molecule has 0 aliphatic heterocycles. The fourth-order valence-electron chi connectivity index (χ4n) is 2.22. The molecule has 0 spiro atoms. The Morgan fingerprint density at radius 1 is 1.25 bits per heavy atom. The lowest BCUT2D eigenvalue weighted by atomic mass is 10.1. The summed E-state index contributed by atoms with van der Waals surface area (Å²) in [5.74, 6) is 1.12. The molecule has 3 nitrogen and oxygen atoms in total. The predicted molar refractivity (Wildman–Crippen MR) is 84.3 cm³/mol. The van der Waals surface area contributed by atoms with Crippen LogP contribution < -0.4 is 5.56 Å². The van der Waals surface area contributed by atoms with Crippen LogP contribution in [0.15, 0.2) is 29.1 Å². The second-order valence-corrected chi connectivity index (χ2v) is 5.82. The summed E-state index contributed by atoms with van der Waals surface area (Å²) in [7, 11) is 0. The van der Waals surface area contributed by atoms with Crippen LogP contribution in [-0.4, -0.2) is 9.55 Å². The van der Waals surface area contributed by atoms with Gasteiger partial charge in [0.15, 0.2) is 0 Å². The van der Waals surface area contributed by atoms with Gasteiger partial charge in [-0.25, -0.2) is 4.98 Å². The standard InChI is InChI=1S/C16H21ClN2O/c1-4-11(3)10-19-15(13(17)5-2)18-14-9-7-6-8-12(14)16(19)20/h6-9,11,13H,4-5,10H2,1-3H3.